The highest BCUT2D eigenvalue weighted by Crippen LogP contribution is 2.48. The number of hydrogen-bond donors (Lipinski definition) is 0. The van der Waals surface area contributed by atoms with Crippen LogP contribution in [0.3, 0.4) is 0 Å². The van der Waals surface area contributed by atoms with Crippen LogP contribution in [0.1, 0.15) is 52.9 Å². The van der Waals surface area contributed by atoms with Crippen molar-refractivity contribution in [1.82, 2.24) is 0 Å². The van der Waals surface area contributed by atoms with Crippen LogP contribution in [0.25, 0.3) is 0 Å². The second kappa shape index (κ2) is 10.3. The van der Waals surface area contributed by atoms with Crippen molar-refractivity contribution in [3.05, 3.63) is 94.5 Å². The van der Waals surface area contributed by atoms with Gasteiger partial charge in [-0.15, -0.1) is 0 Å². The van der Waals surface area contributed by atoms with Gasteiger partial charge in [-0.3, -0.25) is 9.59 Å². The number of carbonyl (C=O) groups is 2. The summed E-state index contributed by atoms with van der Waals surface area (Å²) in [6, 6.07) is 19.8. The average Bonchev–Trinajstić information content (AvgIpc) is 2.83. The van der Waals surface area contributed by atoms with Gasteiger partial charge in [0.25, 0.3) is 0 Å². The second-order valence-electron chi connectivity index (χ2n) is 8.49. The molecule has 0 bridgehead atoms. The van der Waals surface area contributed by atoms with Gasteiger partial charge in [-0.1, -0.05) is 80.6 Å². The van der Waals surface area contributed by atoms with Crippen LogP contribution in [-0.2, 0) is 20.7 Å². The normalized spacial score (nSPS) is 12.3. The Hall–Kier alpha value is -2.97. The number of ether oxygens (including phenoxy) is 1. The van der Waals surface area contributed by atoms with Crippen molar-refractivity contribution in [2.45, 2.75) is 47.6 Å². The second-order valence-corrected chi connectivity index (χ2v) is 11.1. The predicted molar refractivity (Wildman–Crippen MR) is 134 cm³/mol. The van der Waals surface area contributed by atoms with Crippen molar-refractivity contribution in [2.75, 3.05) is 0 Å². The van der Waals surface area contributed by atoms with Crippen molar-refractivity contribution in [2.24, 2.45) is 5.92 Å². The molecule has 0 fully saturated rings. The largest absolute Gasteiger partial charge is 0.461 e. The van der Waals surface area contributed by atoms with E-state index in [-0.39, 0.29) is 18.5 Å². The first-order valence-electron chi connectivity index (χ1n) is 11.2. The Balaban J connectivity index is 2.13. The van der Waals surface area contributed by atoms with E-state index < -0.39 is 12.7 Å². The van der Waals surface area contributed by atoms with Crippen molar-refractivity contribution < 1.29 is 18.9 Å². The fourth-order valence-electron chi connectivity index (χ4n) is 4.05. The lowest BCUT2D eigenvalue weighted by Gasteiger charge is -2.22. The molecule has 1 atom stereocenters. The first-order chi connectivity index (χ1) is 15.7. The van der Waals surface area contributed by atoms with Gasteiger partial charge in [0.1, 0.15) is 6.61 Å². The van der Waals surface area contributed by atoms with E-state index in [9.17, 15) is 14.2 Å². The van der Waals surface area contributed by atoms with Crippen LogP contribution in [0, 0.1) is 26.7 Å². The molecule has 172 valence electrons. The van der Waals surface area contributed by atoms with E-state index >= 15 is 0 Å². The Bertz CT molecular complexity index is 1160. The zero-order valence-corrected chi connectivity index (χ0v) is 20.8. The maximum absolute atomic E-state index is 14.6. The van der Waals surface area contributed by atoms with E-state index in [1.54, 1.807) is 48.5 Å². The van der Waals surface area contributed by atoms with E-state index in [0.717, 1.165) is 16.7 Å². The van der Waals surface area contributed by atoms with E-state index in [1.165, 1.54) is 0 Å². The van der Waals surface area contributed by atoms with Crippen LogP contribution in [0.5, 0.6) is 0 Å². The summed E-state index contributed by atoms with van der Waals surface area (Å²) in [7, 11) is -3.63. The van der Waals surface area contributed by atoms with E-state index in [1.807, 2.05) is 52.8 Å². The highest BCUT2D eigenvalue weighted by atomic mass is 31.2. The molecule has 0 aromatic heterocycles. The van der Waals surface area contributed by atoms with Gasteiger partial charge in [0.05, 0.1) is 5.92 Å². The first kappa shape index (κ1) is 24.7. The van der Waals surface area contributed by atoms with Crippen LogP contribution in [-0.4, -0.2) is 11.5 Å². The summed E-state index contributed by atoms with van der Waals surface area (Å²) in [6.07, 6.45) is 0.700. The molecule has 0 radical (unpaired) electrons. The molecule has 0 aliphatic carbocycles. The molecule has 0 aliphatic rings. The van der Waals surface area contributed by atoms with Crippen LogP contribution in [0.4, 0.5) is 0 Å². The Morgan fingerprint density at radius 3 is 1.88 bits per heavy atom. The fourth-order valence-corrected chi connectivity index (χ4v) is 6.66. The lowest BCUT2D eigenvalue weighted by Crippen LogP contribution is -2.24. The molecule has 0 heterocycles. The molecule has 3 aromatic carbocycles. The van der Waals surface area contributed by atoms with Crippen molar-refractivity contribution in [1.29, 1.82) is 0 Å². The maximum atomic E-state index is 14.6. The monoisotopic (exact) mass is 462 g/mol. The van der Waals surface area contributed by atoms with Crippen molar-refractivity contribution in [3.63, 3.8) is 0 Å². The van der Waals surface area contributed by atoms with Gasteiger partial charge in [0.15, 0.2) is 0 Å². The average molecular weight is 463 g/mol. The minimum absolute atomic E-state index is 0.0857. The molecule has 3 aromatic rings. The van der Waals surface area contributed by atoms with E-state index in [0.29, 0.717) is 28.2 Å². The summed E-state index contributed by atoms with van der Waals surface area (Å²) >= 11 is 0. The van der Waals surface area contributed by atoms with Gasteiger partial charge in [0.2, 0.25) is 12.7 Å². The summed E-state index contributed by atoms with van der Waals surface area (Å²) in [4.78, 5) is 26.3. The smallest absolute Gasteiger partial charge is 0.308 e. The van der Waals surface area contributed by atoms with Crippen LogP contribution in [0.15, 0.2) is 66.7 Å². The molecule has 0 saturated heterocycles. The summed E-state index contributed by atoms with van der Waals surface area (Å²) in [5.41, 5.74) is 3.23. The van der Waals surface area contributed by atoms with Gasteiger partial charge in [-0.05, 0) is 49.4 Å². The van der Waals surface area contributed by atoms with Crippen LogP contribution < -0.4 is 10.6 Å². The Kier molecular flexibility index (Phi) is 7.71. The van der Waals surface area contributed by atoms with Gasteiger partial charge in [-0.25, -0.2) is 0 Å². The number of esters is 1. The predicted octanol–water partition coefficient (Wildman–Crippen LogP) is 5.86. The Morgan fingerprint density at radius 1 is 0.879 bits per heavy atom. The lowest BCUT2D eigenvalue weighted by molar-refractivity contribution is -0.149. The highest BCUT2D eigenvalue weighted by Gasteiger charge is 2.38. The van der Waals surface area contributed by atoms with Gasteiger partial charge < -0.3 is 9.30 Å². The molecule has 0 spiro atoms. The van der Waals surface area contributed by atoms with Crippen molar-refractivity contribution in [3.8, 4) is 0 Å². The maximum Gasteiger partial charge on any atom is 0.308 e. The van der Waals surface area contributed by atoms with Gasteiger partial charge in [-0.2, -0.15) is 0 Å². The third-order valence-corrected chi connectivity index (χ3v) is 9.09. The van der Waals surface area contributed by atoms with Gasteiger partial charge in [0, 0.05) is 16.2 Å². The molecule has 5 heteroatoms. The Labute approximate surface area is 196 Å². The van der Waals surface area contributed by atoms with Crippen LogP contribution in [0.2, 0.25) is 0 Å². The molecule has 4 nitrogen and oxygen atoms in total. The molecule has 33 heavy (non-hydrogen) atoms. The minimum atomic E-state index is -3.63. The third-order valence-electron chi connectivity index (χ3n) is 6.24. The number of aryl methyl sites for hydroxylation is 2. The fraction of sp³-hybridized carbons (Fsp3) is 0.286. The molecule has 1 unspecified atom stereocenters. The zero-order chi connectivity index (χ0) is 24.2. The quantitative estimate of drug-likeness (QED) is 0.311. The minimum Gasteiger partial charge on any atom is -0.461 e. The third kappa shape index (κ3) is 4.86. The number of carbonyl (C=O) groups excluding carboxylic acids is 2. The molecule has 0 N–H and O–H groups in total. The summed E-state index contributed by atoms with van der Waals surface area (Å²) in [5.74, 6) is -0.447. The molecular formula is C28H31O4P. The highest BCUT2D eigenvalue weighted by molar-refractivity contribution is 7.93. The molecule has 3 rings (SSSR count). The van der Waals surface area contributed by atoms with E-state index in [4.69, 9.17) is 4.74 Å². The zero-order valence-electron chi connectivity index (χ0n) is 19.9. The molecule has 0 saturated carbocycles. The summed E-state index contributed by atoms with van der Waals surface area (Å²) in [5, 5.41) is 1.01. The SMILES string of the molecule is CCC(C)C(=O)OCc1c(C)cc(C)c(C(=O)P(=O)(c2ccccc2)c2ccccc2)c1C. The first-order valence-corrected chi connectivity index (χ1v) is 12.9. The van der Waals surface area contributed by atoms with Crippen LogP contribution >= 0.6 is 7.14 Å². The summed E-state index contributed by atoms with van der Waals surface area (Å²) < 4.78 is 20.1. The number of hydrogen-bond acceptors (Lipinski definition) is 4. The number of rotatable bonds is 8. The molecule has 0 aliphatic heterocycles. The molecule has 0 amide bonds. The van der Waals surface area contributed by atoms with Crippen molar-refractivity contribution >= 4 is 29.2 Å². The number of benzene rings is 3. The van der Waals surface area contributed by atoms with E-state index in [2.05, 4.69) is 0 Å². The topological polar surface area (TPSA) is 60.4 Å². The molecular weight excluding hydrogens is 431 g/mol. The standard InChI is InChI=1S/C28H31O4P/c1-6-19(2)27(29)32-18-25-20(3)17-21(4)26(22(25)5)28(30)33(31,23-13-9-7-10-14-23)24-15-11-8-12-16-24/h7-17,19H,6,18H2,1-5H3. The van der Waals surface area contributed by atoms with Gasteiger partial charge >= 0.3 is 5.97 Å². The Morgan fingerprint density at radius 2 is 1.39 bits per heavy atom. The summed E-state index contributed by atoms with van der Waals surface area (Å²) in [6.45, 7) is 9.51. The lowest BCUT2D eigenvalue weighted by atomic mass is 9.94.